The summed E-state index contributed by atoms with van der Waals surface area (Å²) in [5.74, 6) is -0.143. The van der Waals surface area contributed by atoms with Gasteiger partial charge in [-0.25, -0.2) is 0 Å². The van der Waals surface area contributed by atoms with E-state index in [0.717, 1.165) is 24.2 Å². The van der Waals surface area contributed by atoms with Gasteiger partial charge in [0.1, 0.15) is 0 Å². The molecule has 0 spiro atoms. The van der Waals surface area contributed by atoms with Crippen molar-refractivity contribution in [1.82, 2.24) is 0 Å². The van der Waals surface area contributed by atoms with Crippen molar-refractivity contribution in [2.24, 2.45) is 0 Å². The summed E-state index contributed by atoms with van der Waals surface area (Å²) in [7, 11) is 0. The van der Waals surface area contributed by atoms with Gasteiger partial charge in [-0.3, -0.25) is 4.79 Å². The largest absolute Gasteiger partial charge is 0.385 e. The average Bonchev–Trinajstić information content (AvgIpc) is 2.49. The molecule has 2 aromatic rings. The highest BCUT2D eigenvalue weighted by Crippen LogP contribution is 2.32. The second kappa shape index (κ2) is 5.55. The predicted molar refractivity (Wildman–Crippen MR) is 82.4 cm³/mol. The summed E-state index contributed by atoms with van der Waals surface area (Å²) in [6.07, 6.45) is 0.785. The number of para-hydroxylation sites is 2. The zero-order valence-electron chi connectivity index (χ0n) is 10.9. The van der Waals surface area contributed by atoms with Crippen LogP contribution in [0.2, 0.25) is 5.02 Å². The fourth-order valence-corrected chi connectivity index (χ4v) is 2.71. The minimum Gasteiger partial charge on any atom is -0.385 e. The number of hydrogen-bond acceptors (Lipinski definition) is 2. The van der Waals surface area contributed by atoms with Crippen LogP contribution < -0.4 is 10.6 Å². The molecule has 1 heterocycles. The molecule has 0 aliphatic carbocycles. The van der Waals surface area contributed by atoms with Crippen molar-refractivity contribution in [2.45, 2.75) is 12.3 Å². The average molecular weight is 287 g/mol. The summed E-state index contributed by atoms with van der Waals surface area (Å²) in [6.45, 7) is 0.803. The van der Waals surface area contributed by atoms with E-state index in [1.54, 1.807) is 6.07 Å². The maximum atomic E-state index is 12.5. The van der Waals surface area contributed by atoms with Crippen molar-refractivity contribution in [2.75, 3.05) is 17.2 Å². The van der Waals surface area contributed by atoms with E-state index in [2.05, 4.69) is 10.6 Å². The summed E-state index contributed by atoms with van der Waals surface area (Å²) < 4.78 is 0. The van der Waals surface area contributed by atoms with Gasteiger partial charge >= 0.3 is 0 Å². The number of nitrogens with one attached hydrogen (secondary N) is 2. The van der Waals surface area contributed by atoms with Crippen molar-refractivity contribution in [3.8, 4) is 0 Å². The van der Waals surface area contributed by atoms with Crippen molar-refractivity contribution in [3.63, 3.8) is 0 Å². The first kappa shape index (κ1) is 13.0. The fourth-order valence-electron chi connectivity index (χ4n) is 2.52. The van der Waals surface area contributed by atoms with E-state index in [0.29, 0.717) is 10.7 Å². The Labute approximate surface area is 123 Å². The highest BCUT2D eigenvalue weighted by molar-refractivity contribution is 6.33. The molecule has 0 bridgehead atoms. The minimum absolute atomic E-state index is 0.00736. The lowest BCUT2D eigenvalue weighted by molar-refractivity contribution is -0.117. The Kier molecular flexibility index (Phi) is 3.61. The topological polar surface area (TPSA) is 41.1 Å². The number of rotatable bonds is 2. The Morgan fingerprint density at radius 3 is 2.75 bits per heavy atom. The number of carbonyl (C=O) groups is 1. The van der Waals surface area contributed by atoms with E-state index in [4.69, 9.17) is 11.6 Å². The molecule has 2 aromatic carbocycles. The van der Waals surface area contributed by atoms with Gasteiger partial charge in [0.05, 0.1) is 16.6 Å². The molecule has 2 N–H and O–H groups in total. The van der Waals surface area contributed by atoms with E-state index in [9.17, 15) is 4.79 Å². The molecule has 3 nitrogen and oxygen atoms in total. The van der Waals surface area contributed by atoms with Gasteiger partial charge in [-0.05, 0) is 30.2 Å². The number of anilines is 2. The normalized spacial score (nSPS) is 16.9. The molecule has 0 aromatic heterocycles. The number of fused-ring (bicyclic) bond motifs is 1. The van der Waals surface area contributed by atoms with Gasteiger partial charge in [0.15, 0.2) is 0 Å². The monoisotopic (exact) mass is 286 g/mol. The van der Waals surface area contributed by atoms with Crippen LogP contribution in [0.4, 0.5) is 11.4 Å². The molecule has 0 saturated carbocycles. The van der Waals surface area contributed by atoms with Crippen molar-refractivity contribution < 1.29 is 4.79 Å². The molecular formula is C16H15ClN2O. The maximum absolute atomic E-state index is 12.5. The van der Waals surface area contributed by atoms with Gasteiger partial charge in [-0.2, -0.15) is 0 Å². The van der Waals surface area contributed by atoms with E-state index >= 15 is 0 Å². The molecule has 102 valence electrons. The first-order valence-electron chi connectivity index (χ1n) is 6.64. The van der Waals surface area contributed by atoms with Crippen LogP contribution in [0.5, 0.6) is 0 Å². The van der Waals surface area contributed by atoms with Crippen LogP contribution in [-0.2, 0) is 4.79 Å². The molecular weight excluding hydrogens is 272 g/mol. The van der Waals surface area contributed by atoms with Crippen LogP contribution in [0, 0.1) is 0 Å². The van der Waals surface area contributed by atoms with Crippen LogP contribution in [-0.4, -0.2) is 12.5 Å². The SMILES string of the molecule is O=C(Nc1ccccc1Cl)C1CCNc2ccccc21. The smallest absolute Gasteiger partial charge is 0.232 e. The summed E-state index contributed by atoms with van der Waals surface area (Å²) in [5.41, 5.74) is 2.75. The third-order valence-corrected chi connectivity index (χ3v) is 3.86. The standard InChI is InChI=1S/C16H15ClN2O/c17-13-6-2-4-8-15(13)19-16(20)12-9-10-18-14-7-3-1-5-11(12)14/h1-8,12,18H,9-10H2,(H,19,20). The molecule has 4 heteroatoms. The number of carbonyl (C=O) groups excluding carboxylic acids is 1. The first-order chi connectivity index (χ1) is 9.75. The zero-order valence-corrected chi connectivity index (χ0v) is 11.7. The first-order valence-corrected chi connectivity index (χ1v) is 7.01. The second-order valence-electron chi connectivity index (χ2n) is 4.82. The molecule has 1 aliphatic rings. The molecule has 0 saturated heterocycles. The number of halogens is 1. The fraction of sp³-hybridized carbons (Fsp3) is 0.188. The van der Waals surface area contributed by atoms with Crippen molar-refractivity contribution >= 4 is 28.9 Å². The summed E-state index contributed by atoms with van der Waals surface area (Å²) in [6, 6.07) is 15.2. The van der Waals surface area contributed by atoms with Crippen LogP contribution in [0.3, 0.4) is 0 Å². The molecule has 1 atom stereocenters. The zero-order chi connectivity index (χ0) is 13.9. The predicted octanol–water partition coefficient (Wildman–Crippen LogP) is 3.88. The summed E-state index contributed by atoms with van der Waals surface area (Å²) in [4.78, 5) is 12.5. The highest BCUT2D eigenvalue weighted by Gasteiger charge is 2.26. The van der Waals surface area contributed by atoms with Gasteiger partial charge < -0.3 is 10.6 Å². The third-order valence-electron chi connectivity index (χ3n) is 3.53. The quantitative estimate of drug-likeness (QED) is 0.880. The van der Waals surface area contributed by atoms with Gasteiger partial charge in [0.2, 0.25) is 5.91 Å². The molecule has 20 heavy (non-hydrogen) atoms. The lowest BCUT2D eigenvalue weighted by Crippen LogP contribution is -2.27. The molecule has 1 unspecified atom stereocenters. The van der Waals surface area contributed by atoms with E-state index in [1.165, 1.54) is 0 Å². The van der Waals surface area contributed by atoms with Gasteiger partial charge in [0, 0.05) is 12.2 Å². The summed E-state index contributed by atoms with van der Waals surface area (Å²) >= 11 is 6.08. The van der Waals surface area contributed by atoms with Crippen LogP contribution in [0.25, 0.3) is 0 Å². The van der Waals surface area contributed by atoms with Crippen LogP contribution in [0.15, 0.2) is 48.5 Å². The Morgan fingerprint density at radius 2 is 1.90 bits per heavy atom. The van der Waals surface area contributed by atoms with E-state index < -0.39 is 0 Å². The van der Waals surface area contributed by atoms with E-state index in [-0.39, 0.29) is 11.8 Å². The van der Waals surface area contributed by atoms with Gasteiger partial charge in [-0.15, -0.1) is 0 Å². The maximum Gasteiger partial charge on any atom is 0.232 e. The molecule has 3 rings (SSSR count). The number of amides is 1. The Balaban J connectivity index is 1.84. The van der Waals surface area contributed by atoms with Gasteiger partial charge in [-0.1, -0.05) is 41.9 Å². The second-order valence-corrected chi connectivity index (χ2v) is 5.23. The van der Waals surface area contributed by atoms with Crippen LogP contribution in [0.1, 0.15) is 17.9 Å². The highest BCUT2D eigenvalue weighted by atomic mass is 35.5. The minimum atomic E-state index is -0.135. The van der Waals surface area contributed by atoms with E-state index in [1.807, 2.05) is 42.5 Å². The Morgan fingerprint density at radius 1 is 1.15 bits per heavy atom. The molecule has 1 aliphatic heterocycles. The summed E-state index contributed by atoms with van der Waals surface area (Å²) in [5, 5.41) is 6.80. The number of hydrogen-bond donors (Lipinski definition) is 2. The van der Waals surface area contributed by atoms with Crippen molar-refractivity contribution in [1.29, 1.82) is 0 Å². The third kappa shape index (κ3) is 2.49. The molecule has 0 fully saturated rings. The van der Waals surface area contributed by atoms with Gasteiger partial charge in [0.25, 0.3) is 0 Å². The molecule has 1 amide bonds. The molecule has 0 radical (unpaired) electrons. The Bertz CT molecular complexity index is 642. The lowest BCUT2D eigenvalue weighted by Gasteiger charge is -2.26. The lowest BCUT2D eigenvalue weighted by atomic mass is 9.90. The Hall–Kier alpha value is -2.00. The van der Waals surface area contributed by atoms with Crippen LogP contribution >= 0.6 is 11.6 Å². The number of benzene rings is 2. The van der Waals surface area contributed by atoms with Crippen molar-refractivity contribution in [3.05, 3.63) is 59.1 Å².